The zero-order valence-corrected chi connectivity index (χ0v) is 11.4. The molecule has 106 valence electrons. The lowest BCUT2D eigenvalue weighted by Crippen LogP contribution is -2.51. The number of fused-ring (bicyclic) bond motifs is 1. The normalized spacial score (nSPS) is 24.9. The largest absolute Gasteiger partial charge is 0.387 e. The monoisotopic (exact) mass is 272 g/mol. The fraction of sp³-hybridized carbons (Fsp3) is 0.533. The van der Waals surface area contributed by atoms with Crippen LogP contribution < -0.4 is 10.6 Å². The van der Waals surface area contributed by atoms with E-state index in [0.717, 1.165) is 30.7 Å². The van der Waals surface area contributed by atoms with E-state index in [-0.39, 0.29) is 6.04 Å². The maximum atomic E-state index is 10.9. The number of imidazole rings is 1. The van der Waals surface area contributed by atoms with Gasteiger partial charge in [-0.2, -0.15) is 0 Å². The van der Waals surface area contributed by atoms with Crippen LogP contribution in [0, 0.1) is 0 Å². The van der Waals surface area contributed by atoms with Crippen LogP contribution in [0.3, 0.4) is 0 Å². The average molecular weight is 272 g/mol. The highest BCUT2D eigenvalue weighted by Gasteiger charge is 2.32. The van der Waals surface area contributed by atoms with Crippen LogP contribution in [0.2, 0.25) is 0 Å². The van der Waals surface area contributed by atoms with E-state index in [2.05, 4.69) is 27.9 Å². The average Bonchev–Trinajstić information content (AvgIpc) is 3.23. The molecule has 0 radical (unpaired) electrons. The topological polar surface area (TPSA) is 61.6 Å². The van der Waals surface area contributed by atoms with Gasteiger partial charge in [0.15, 0.2) is 0 Å². The molecule has 2 aromatic rings. The van der Waals surface area contributed by atoms with Gasteiger partial charge in [0.25, 0.3) is 0 Å². The second-order valence-corrected chi connectivity index (χ2v) is 5.85. The number of nitrogens with one attached hydrogen (secondary N) is 2. The maximum absolute atomic E-state index is 10.9. The summed E-state index contributed by atoms with van der Waals surface area (Å²) < 4.78 is 2.00. The van der Waals surface area contributed by atoms with Gasteiger partial charge < -0.3 is 20.1 Å². The highest BCUT2D eigenvalue weighted by molar-refractivity contribution is 5.59. The van der Waals surface area contributed by atoms with Crippen molar-refractivity contribution in [3.8, 4) is 0 Å². The number of piperazine rings is 1. The summed E-state index contributed by atoms with van der Waals surface area (Å²) in [5.74, 6) is 0.621. The van der Waals surface area contributed by atoms with Crippen molar-refractivity contribution in [1.82, 2.24) is 20.0 Å². The smallest absolute Gasteiger partial charge is 0.0992 e. The third-order valence-corrected chi connectivity index (χ3v) is 4.43. The van der Waals surface area contributed by atoms with E-state index in [1.165, 1.54) is 18.4 Å². The number of rotatable bonds is 3. The molecule has 1 saturated carbocycles. The molecule has 4 rings (SSSR count). The Morgan fingerprint density at radius 1 is 1.35 bits per heavy atom. The summed E-state index contributed by atoms with van der Waals surface area (Å²) in [4.78, 5) is 4.23. The van der Waals surface area contributed by atoms with Gasteiger partial charge in [-0.3, -0.25) is 0 Å². The first-order valence-corrected chi connectivity index (χ1v) is 7.41. The van der Waals surface area contributed by atoms with Crippen LogP contribution in [0.25, 0.3) is 5.52 Å². The van der Waals surface area contributed by atoms with E-state index in [4.69, 9.17) is 0 Å². The van der Waals surface area contributed by atoms with Gasteiger partial charge in [-0.1, -0.05) is 0 Å². The number of hydrogen-bond acceptors (Lipinski definition) is 4. The van der Waals surface area contributed by atoms with Crippen molar-refractivity contribution in [2.24, 2.45) is 0 Å². The Hall–Kier alpha value is -1.43. The van der Waals surface area contributed by atoms with Crippen molar-refractivity contribution in [3.63, 3.8) is 0 Å². The van der Waals surface area contributed by atoms with Crippen LogP contribution in [0.15, 0.2) is 24.8 Å². The van der Waals surface area contributed by atoms with Crippen LogP contribution in [0.1, 0.15) is 36.0 Å². The number of aromatic nitrogens is 2. The van der Waals surface area contributed by atoms with Gasteiger partial charge in [0.2, 0.25) is 0 Å². The molecule has 2 atom stereocenters. The van der Waals surface area contributed by atoms with Crippen molar-refractivity contribution in [1.29, 1.82) is 0 Å². The molecule has 2 unspecified atom stereocenters. The highest BCUT2D eigenvalue weighted by Crippen LogP contribution is 2.44. The molecule has 1 aliphatic carbocycles. The Labute approximate surface area is 118 Å². The van der Waals surface area contributed by atoms with Crippen molar-refractivity contribution in [2.45, 2.75) is 30.9 Å². The summed E-state index contributed by atoms with van der Waals surface area (Å²) in [5.41, 5.74) is 3.40. The summed E-state index contributed by atoms with van der Waals surface area (Å²) in [6, 6.07) is 2.23. The third kappa shape index (κ3) is 2.02. The Balaban J connectivity index is 1.79. The summed E-state index contributed by atoms with van der Waals surface area (Å²) in [6.45, 7) is 2.68. The molecule has 0 bridgehead atoms. The molecule has 0 amide bonds. The molecule has 3 heterocycles. The van der Waals surface area contributed by atoms with Crippen molar-refractivity contribution >= 4 is 5.52 Å². The van der Waals surface area contributed by atoms with Crippen molar-refractivity contribution in [2.75, 3.05) is 19.6 Å². The minimum Gasteiger partial charge on any atom is -0.387 e. The lowest BCUT2D eigenvalue weighted by atomic mass is 9.94. The molecule has 1 aliphatic heterocycles. The molecule has 0 spiro atoms. The molecule has 5 heteroatoms. The number of aliphatic hydroxyl groups excluding tert-OH is 1. The molecule has 20 heavy (non-hydrogen) atoms. The Kier molecular flexibility index (Phi) is 2.98. The number of nitrogens with zero attached hydrogens (tertiary/aromatic N) is 2. The molecule has 2 aromatic heterocycles. The highest BCUT2D eigenvalue weighted by atomic mass is 16.3. The Bertz CT molecular complexity index is 613. The standard InChI is InChI=1S/C15H20N4O/c20-15(12-7-16-4-5-18-12)14-11(10-1-2-10)3-6-19-9-17-8-13(14)19/h3,6,8-10,12,15-16,18,20H,1-2,4-5,7H2. The minimum atomic E-state index is -0.487. The predicted octanol–water partition coefficient (Wildman–Crippen LogP) is 0.806. The first-order chi connectivity index (χ1) is 9.84. The van der Waals surface area contributed by atoms with Gasteiger partial charge in [-0.25, -0.2) is 4.98 Å². The van der Waals surface area contributed by atoms with Gasteiger partial charge in [0.1, 0.15) is 0 Å². The fourth-order valence-corrected chi connectivity index (χ4v) is 3.20. The van der Waals surface area contributed by atoms with Crippen molar-refractivity contribution < 1.29 is 5.11 Å². The quantitative estimate of drug-likeness (QED) is 0.774. The number of aliphatic hydroxyl groups is 1. The first-order valence-electron chi connectivity index (χ1n) is 7.41. The predicted molar refractivity (Wildman–Crippen MR) is 76.8 cm³/mol. The van der Waals surface area contributed by atoms with Gasteiger partial charge in [-0.15, -0.1) is 0 Å². The van der Waals surface area contributed by atoms with Gasteiger partial charge in [-0.05, 0) is 30.4 Å². The summed E-state index contributed by atoms with van der Waals surface area (Å²) in [6.07, 6.45) is 7.70. The maximum Gasteiger partial charge on any atom is 0.0992 e. The second-order valence-electron chi connectivity index (χ2n) is 5.85. The Morgan fingerprint density at radius 2 is 2.25 bits per heavy atom. The zero-order chi connectivity index (χ0) is 13.5. The minimum absolute atomic E-state index is 0.0716. The Morgan fingerprint density at radius 3 is 3.00 bits per heavy atom. The van der Waals surface area contributed by atoms with Crippen LogP contribution in [-0.4, -0.2) is 40.2 Å². The lowest BCUT2D eigenvalue weighted by Gasteiger charge is -2.30. The number of hydrogen-bond donors (Lipinski definition) is 3. The third-order valence-electron chi connectivity index (χ3n) is 4.43. The van der Waals surface area contributed by atoms with Gasteiger partial charge in [0, 0.05) is 37.4 Å². The summed E-state index contributed by atoms with van der Waals surface area (Å²) in [7, 11) is 0. The van der Waals surface area contributed by atoms with E-state index in [9.17, 15) is 5.11 Å². The van der Waals surface area contributed by atoms with E-state index in [1.807, 2.05) is 10.6 Å². The van der Waals surface area contributed by atoms with Crippen LogP contribution in [-0.2, 0) is 0 Å². The molecule has 3 N–H and O–H groups in total. The van der Waals surface area contributed by atoms with E-state index >= 15 is 0 Å². The summed E-state index contributed by atoms with van der Waals surface area (Å²) in [5, 5.41) is 17.6. The number of pyridine rings is 1. The van der Waals surface area contributed by atoms with Gasteiger partial charge >= 0.3 is 0 Å². The molecular weight excluding hydrogens is 252 g/mol. The summed E-state index contributed by atoms with van der Waals surface area (Å²) >= 11 is 0. The molecule has 5 nitrogen and oxygen atoms in total. The molecule has 0 aromatic carbocycles. The van der Waals surface area contributed by atoms with Crippen LogP contribution in [0.4, 0.5) is 0 Å². The molecule has 2 aliphatic rings. The molecule has 1 saturated heterocycles. The molecule has 2 fully saturated rings. The zero-order valence-electron chi connectivity index (χ0n) is 11.4. The lowest BCUT2D eigenvalue weighted by molar-refractivity contribution is 0.120. The fourth-order valence-electron chi connectivity index (χ4n) is 3.20. The van der Waals surface area contributed by atoms with Crippen LogP contribution in [0.5, 0.6) is 0 Å². The second kappa shape index (κ2) is 4.84. The molecular formula is C15H20N4O. The first kappa shape index (κ1) is 12.3. The van der Waals surface area contributed by atoms with E-state index in [1.54, 1.807) is 6.33 Å². The van der Waals surface area contributed by atoms with Crippen LogP contribution >= 0.6 is 0 Å². The van der Waals surface area contributed by atoms with Crippen molar-refractivity contribution in [3.05, 3.63) is 35.9 Å². The van der Waals surface area contributed by atoms with E-state index in [0.29, 0.717) is 5.92 Å². The SMILES string of the molecule is OC(c1c(C2CC2)ccn2cncc12)C1CNCCN1. The van der Waals surface area contributed by atoms with Gasteiger partial charge in [0.05, 0.1) is 24.1 Å². The van der Waals surface area contributed by atoms with E-state index < -0.39 is 6.10 Å².